The molecular formula is C31H34FNO2. The molecule has 35 heavy (non-hydrogen) atoms. The number of aliphatic hydroxyl groups is 1. The topological polar surface area (TPSA) is 40.5 Å². The fraction of sp³-hybridized carbons (Fsp3) is 0.387. The first kappa shape index (κ1) is 23.9. The number of likely N-dealkylation sites (tertiary alicyclic amines) is 1. The van der Waals surface area contributed by atoms with Gasteiger partial charge in [0.15, 0.2) is 5.78 Å². The van der Waals surface area contributed by atoms with Crippen molar-refractivity contribution in [1.82, 2.24) is 4.90 Å². The van der Waals surface area contributed by atoms with Gasteiger partial charge in [-0.2, -0.15) is 0 Å². The third-order valence-corrected chi connectivity index (χ3v) is 8.49. The van der Waals surface area contributed by atoms with Gasteiger partial charge in [0, 0.05) is 18.7 Å². The van der Waals surface area contributed by atoms with Gasteiger partial charge in [0.05, 0.1) is 12.1 Å². The molecule has 1 aliphatic heterocycles. The number of rotatable bonds is 7. The van der Waals surface area contributed by atoms with E-state index in [4.69, 9.17) is 0 Å². The van der Waals surface area contributed by atoms with E-state index in [-0.39, 0.29) is 22.4 Å². The van der Waals surface area contributed by atoms with Crippen LogP contribution in [0.25, 0.3) is 11.1 Å². The van der Waals surface area contributed by atoms with Crippen LogP contribution in [0.3, 0.4) is 0 Å². The quantitative estimate of drug-likeness (QED) is 0.420. The predicted molar refractivity (Wildman–Crippen MR) is 138 cm³/mol. The van der Waals surface area contributed by atoms with E-state index >= 15 is 0 Å². The maximum absolute atomic E-state index is 13.5. The van der Waals surface area contributed by atoms with Gasteiger partial charge in [0.2, 0.25) is 0 Å². The zero-order valence-corrected chi connectivity index (χ0v) is 20.6. The van der Waals surface area contributed by atoms with E-state index in [0.717, 1.165) is 49.9 Å². The molecule has 0 amide bonds. The highest BCUT2D eigenvalue weighted by molar-refractivity contribution is 5.98. The molecule has 1 saturated carbocycles. The van der Waals surface area contributed by atoms with Gasteiger partial charge in [0.25, 0.3) is 0 Å². The molecule has 2 fully saturated rings. The Balaban J connectivity index is 1.21. The Labute approximate surface area is 207 Å². The van der Waals surface area contributed by atoms with Crippen LogP contribution in [-0.2, 0) is 6.42 Å². The highest BCUT2D eigenvalue weighted by atomic mass is 19.1. The summed E-state index contributed by atoms with van der Waals surface area (Å²) in [7, 11) is 0. The molecule has 0 radical (unpaired) electrons. The van der Waals surface area contributed by atoms with Crippen LogP contribution in [0.4, 0.5) is 4.39 Å². The number of Topliss-reactive ketones (excluding diaryl/α,β-unsaturated/α-hetero) is 1. The Morgan fingerprint density at radius 2 is 1.54 bits per heavy atom. The van der Waals surface area contributed by atoms with Crippen LogP contribution >= 0.6 is 0 Å². The number of nitrogens with zero attached hydrogens (tertiary/aromatic N) is 1. The number of ketones is 1. The molecule has 3 atom stereocenters. The van der Waals surface area contributed by atoms with Crippen molar-refractivity contribution in [2.45, 2.75) is 45.1 Å². The first-order chi connectivity index (χ1) is 16.7. The van der Waals surface area contributed by atoms with Gasteiger partial charge in [-0.15, -0.1) is 0 Å². The SMILES string of the molecule is C[C@@]12CN(CC(=O)c3ccc(-c4cccc(F)c4)cc3)C[C@]1(C)C[C@@](O)(CCc1ccccc1)C2. The summed E-state index contributed by atoms with van der Waals surface area (Å²) in [5.41, 5.74) is 2.96. The second-order valence-corrected chi connectivity index (χ2v) is 11.3. The third-order valence-electron chi connectivity index (χ3n) is 8.49. The minimum absolute atomic E-state index is 0.0139. The van der Waals surface area contributed by atoms with Crippen molar-refractivity contribution in [3.63, 3.8) is 0 Å². The average molecular weight is 472 g/mol. The van der Waals surface area contributed by atoms with Gasteiger partial charge in [0.1, 0.15) is 5.82 Å². The summed E-state index contributed by atoms with van der Waals surface area (Å²) in [6.07, 6.45) is 3.21. The molecule has 4 heteroatoms. The molecule has 1 saturated heterocycles. The lowest BCUT2D eigenvalue weighted by atomic mass is 9.71. The minimum Gasteiger partial charge on any atom is -0.390 e. The van der Waals surface area contributed by atoms with E-state index in [2.05, 4.69) is 43.0 Å². The molecule has 1 heterocycles. The molecule has 5 rings (SSSR count). The lowest BCUT2D eigenvalue weighted by Gasteiger charge is -2.32. The predicted octanol–water partition coefficient (Wildman–Crippen LogP) is 6.16. The fourth-order valence-corrected chi connectivity index (χ4v) is 6.60. The molecule has 182 valence electrons. The summed E-state index contributed by atoms with van der Waals surface area (Å²) >= 11 is 0. The largest absolute Gasteiger partial charge is 0.390 e. The second-order valence-electron chi connectivity index (χ2n) is 11.3. The number of hydrogen-bond donors (Lipinski definition) is 1. The smallest absolute Gasteiger partial charge is 0.176 e. The highest BCUT2D eigenvalue weighted by Crippen LogP contribution is 2.61. The van der Waals surface area contributed by atoms with Gasteiger partial charge < -0.3 is 5.11 Å². The number of aryl methyl sites for hydroxylation is 1. The highest BCUT2D eigenvalue weighted by Gasteiger charge is 2.62. The first-order valence-electron chi connectivity index (χ1n) is 12.6. The maximum atomic E-state index is 13.5. The number of carbonyl (C=O) groups is 1. The van der Waals surface area contributed by atoms with E-state index in [0.29, 0.717) is 12.1 Å². The molecule has 2 aliphatic rings. The number of halogens is 1. The third kappa shape index (κ3) is 4.82. The van der Waals surface area contributed by atoms with Crippen LogP contribution in [0, 0.1) is 16.6 Å². The molecule has 3 aromatic rings. The molecular weight excluding hydrogens is 437 g/mol. The van der Waals surface area contributed by atoms with Gasteiger partial charge in [-0.25, -0.2) is 4.39 Å². The van der Waals surface area contributed by atoms with E-state index in [1.807, 2.05) is 36.4 Å². The van der Waals surface area contributed by atoms with Crippen LogP contribution in [0.15, 0.2) is 78.9 Å². The lowest BCUT2D eigenvalue weighted by molar-refractivity contribution is 0.0182. The monoisotopic (exact) mass is 471 g/mol. The summed E-state index contributed by atoms with van der Waals surface area (Å²) in [5, 5.41) is 11.5. The first-order valence-corrected chi connectivity index (χ1v) is 12.6. The van der Waals surface area contributed by atoms with Crippen molar-refractivity contribution in [3.8, 4) is 11.1 Å². The summed E-state index contributed by atoms with van der Waals surface area (Å²) in [6.45, 7) is 6.60. The van der Waals surface area contributed by atoms with Crippen LogP contribution in [-0.4, -0.2) is 41.0 Å². The summed E-state index contributed by atoms with van der Waals surface area (Å²) < 4.78 is 13.5. The Morgan fingerprint density at radius 3 is 2.17 bits per heavy atom. The number of benzene rings is 3. The molecule has 0 bridgehead atoms. The maximum Gasteiger partial charge on any atom is 0.176 e. The van der Waals surface area contributed by atoms with E-state index in [1.165, 1.54) is 17.7 Å². The van der Waals surface area contributed by atoms with Gasteiger partial charge in [-0.05, 0) is 65.3 Å². The molecule has 3 nitrogen and oxygen atoms in total. The van der Waals surface area contributed by atoms with Crippen molar-refractivity contribution in [2.24, 2.45) is 10.8 Å². The summed E-state index contributed by atoms with van der Waals surface area (Å²) in [6, 6.07) is 24.3. The normalized spacial score (nSPS) is 28.2. The Hall–Kier alpha value is -2.82. The number of carbonyl (C=O) groups excluding carboxylic acids is 1. The number of hydrogen-bond acceptors (Lipinski definition) is 3. The van der Waals surface area contributed by atoms with Crippen molar-refractivity contribution in [1.29, 1.82) is 0 Å². The van der Waals surface area contributed by atoms with Gasteiger partial charge in [-0.1, -0.05) is 80.6 Å². The summed E-state index contributed by atoms with van der Waals surface area (Å²) in [5.74, 6) is -0.168. The van der Waals surface area contributed by atoms with E-state index in [9.17, 15) is 14.3 Å². The molecule has 0 spiro atoms. The van der Waals surface area contributed by atoms with Crippen molar-refractivity contribution < 1.29 is 14.3 Å². The van der Waals surface area contributed by atoms with Crippen LogP contribution in [0.1, 0.15) is 49.0 Å². The lowest BCUT2D eigenvalue weighted by Crippen LogP contribution is -2.35. The number of fused-ring (bicyclic) bond motifs is 1. The Bertz CT molecular complexity index is 1190. The second kappa shape index (κ2) is 9.00. The Kier molecular flexibility index (Phi) is 6.14. The van der Waals surface area contributed by atoms with Crippen molar-refractivity contribution in [3.05, 3.63) is 95.8 Å². The minimum atomic E-state index is -0.651. The molecule has 3 aromatic carbocycles. The molecule has 0 unspecified atom stereocenters. The molecule has 0 aromatic heterocycles. The van der Waals surface area contributed by atoms with Crippen molar-refractivity contribution in [2.75, 3.05) is 19.6 Å². The fourth-order valence-electron chi connectivity index (χ4n) is 6.60. The van der Waals surface area contributed by atoms with Crippen LogP contribution in [0.5, 0.6) is 0 Å². The summed E-state index contributed by atoms with van der Waals surface area (Å²) in [4.78, 5) is 15.3. The van der Waals surface area contributed by atoms with Crippen molar-refractivity contribution >= 4 is 5.78 Å². The van der Waals surface area contributed by atoms with E-state index < -0.39 is 5.60 Å². The van der Waals surface area contributed by atoms with E-state index in [1.54, 1.807) is 6.07 Å². The zero-order valence-electron chi connectivity index (χ0n) is 20.6. The van der Waals surface area contributed by atoms with Gasteiger partial charge >= 0.3 is 0 Å². The Morgan fingerprint density at radius 1 is 0.886 bits per heavy atom. The standard InChI is InChI=1S/C31H34FNO2/c1-29-19-31(35,16-15-23-7-4-3-5-8-23)20-30(29,2)22-33(21-29)18-28(34)25-13-11-24(12-14-25)26-9-6-10-27(32)17-26/h3-14,17,35H,15-16,18-22H2,1-2H3/t29-,30+,31-. The van der Waals surface area contributed by atoms with Crippen LogP contribution in [0.2, 0.25) is 0 Å². The molecule has 1 N–H and O–H groups in total. The molecule has 1 aliphatic carbocycles. The average Bonchev–Trinajstić information content (AvgIpc) is 3.17. The zero-order chi connectivity index (χ0) is 24.7. The van der Waals surface area contributed by atoms with Gasteiger partial charge in [-0.3, -0.25) is 9.69 Å². The van der Waals surface area contributed by atoms with Crippen LogP contribution < -0.4 is 0 Å².